The van der Waals surface area contributed by atoms with Crippen LogP contribution >= 0.6 is 11.6 Å². The first-order chi connectivity index (χ1) is 13.4. The van der Waals surface area contributed by atoms with Gasteiger partial charge in [-0.1, -0.05) is 11.6 Å². The number of nitrogens with zero attached hydrogens (tertiary/aromatic N) is 1. The SMILES string of the molecule is CCOc1ccc(OCC(=O)N(C)CC(=O)Nc2cc(Cl)ccc2OC)cc1. The number of carbonyl (C=O) groups is 2. The van der Waals surface area contributed by atoms with Crippen LogP contribution < -0.4 is 19.5 Å². The molecule has 0 aliphatic heterocycles. The third kappa shape index (κ3) is 6.35. The number of hydrogen-bond acceptors (Lipinski definition) is 5. The first kappa shape index (κ1) is 21.4. The Morgan fingerprint density at radius 2 is 1.71 bits per heavy atom. The second-order valence-electron chi connectivity index (χ2n) is 5.84. The number of rotatable bonds is 9. The minimum Gasteiger partial charge on any atom is -0.495 e. The summed E-state index contributed by atoms with van der Waals surface area (Å²) in [6.45, 7) is 2.16. The number of methoxy groups -OCH3 is 1. The van der Waals surface area contributed by atoms with Crippen LogP contribution in [0.5, 0.6) is 17.2 Å². The van der Waals surface area contributed by atoms with Crippen LogP contribution in [0.1, 0.15) is 6.92 Å². The van der Waals surface area contributed by atoms with E-state index < -0.39 is 0 Å². The van der Waals surface area contributed by atoms with Crippen LogP contribution in [0.2, 0.25) is 5.02 Å². The van der Waals surface area contributed by atoms with Gasteiger partial charge in [0.15, 0.2) is 6.61 Å². The van der Waals surface area contributed by atoms with Crippen LogP contribution in [-0.4, -0.2) is 50.6 Å². The van der Waals surface area contributed by atoms with Gasteiger partial charge in [0, 0.05) is 12.1 Å². The molecule has 8 heteroatoms. The zero-order valence-electron chi connectivity index (χ0n) is 16.0. The Labute approximate surface area is 169 Å². The Bertz CT molecular complexity index is 811. The van der Waals surface area contributed by atoms with Gasteiger partial charge in [-0.05, 0) is 49.4 Å². The molecular formula is C20H23ClN2O5. The molecule has 0 atom stereocenters. The van der Waals surface area contributed by atoms with E-state index in [0.717, 1.165) is 5.75 Å². The highest BCUT2D eigenvalue weighted by atomic mass is 35.5. The molecule has 0 fully saturated rings. The highest BCUT2D eigenvalue weighted by molar-refractivity contribution is 6.31. The van der Waals surface area contributed by atoms with Gasteiger partial charge in [-0.3, -0.25) is 9.59 Å². The number of nitrogens with one attached hydrogen (secondary N) is 1. The van der Waals surface area contributed by atoms with E-state index in [0.29, 0.717) is 28.8 Å². The Balaban J connectivity index is 1.84. The summed E-state index contributed by atoms with van der Waals surface area (Å²) >= 11 is 5.94. The van der Waals surface area contributed by atoms with E-state index in [1.807, 2.05) is 6.92 Å². The lowest BCUT2D eigenvalue weighted by molar-refractivity contribution is -0.135. The summed E-state index contributed by atoms with van der Waals surface area (Å²) < 4.78 is 16.0. The molecule has 1 N–H and O–H groups in total. The quantitative estimate of drug-likeness (QED) is 0.691. The van der Waals surface area contributed by atoms with Crippen molar-refractivity contribution < 1.29 is 23.8 Å². The van der Waals surface area contributed by atoms with Crippen molar-refractivity contribution in [1.82, 2.24) is 4.90 Å². The van der Waals surface area contributed by atoms with Crippen molar-refractivity contribution >= 4 is 29.1 Å². The summed E-state index contributed by atoms with van der Waals surface area (Å²) in [4.78, 5) is 25.7. The van der Waals surface area contributed by atoms with Crippen molar-refractivity contribution in [1.29, 1.82) is 0 Å². The van der Waals surface area contributed by atoms with Gasteiger partial charge < -0.3 is 24.4 Å². The smallest absolute Gasteiger partial charge is 0.260 e. The highest BCUT2D eigenvalue weighted by Gasteiger charge is 2.15. The molecule has 150 valence electrons. The first-order valence-electron chi connectivity index (χ1n) is 8.66. The zero-order chi connectivity index (χ0) is 20.5. The number of anilines is 1. The van der Waals surface area contributed by atoms with Crippen LogP contribution in [-0.2, 0) is 9.59 Å². The largest absolute Gasteiger partial charge is 0.495 e. The van der Waals surface area contributed by atoms with Gasteiger partial charge in [-0.25, -0.2) is 0 Å². The molecule has 2 rings (SSSR count). The van der Waals surface area contributed by atoms with Gasteiger partial charge in [0.05, 0.1) is 25.9 Å². The predicted octanol–water partition coefficient (Wildman–Crippen LogP) is 3.22. The molecule has 0 aliphatic rings. The number of likely N-dealkylation sites (N-methyl/N-ethyl adjacent to an activating group) is 1. The molecule has 0 aromatic heterocycles. The fourth-order valence-electron chi connectivity index (χ4n) is 2.33. The zero-order valence-corrected chi connectivity index (χ0v) is 16.8. The van der Waals surface area contributed by atoms with Gasteiger partial charge in [0.2, 0.25) is 5.91 Å². The summed E-state index contributed by atoms with van der Waals surface area (Å²) in [6.07, 6.45) is 0. The average molecular weight is 407 g/mol. The normalized spacial score (nSPS) is 10.1. The molecule has 0 radical (unpaired) electrons. The van der Waals surface area contributed by atoms with E-state index >= 15 is 0 Å². The molecule has 0 aliphatic carbocycles. The Morgan fingerprint density at radius 3 is 2.32 bits per heavy atom. The van der Waals surface area contributed by atoms with Crippen LogP contribution in [0.15, 0.2) is 42.5 Å². The van der Waals surface area contributed by atoms with Gasteiger partial charge in [0.1, 0.15) is 17.2 Å². The standard InChI is InChI=1S/C20H23ClN2O5/c1-4-27-15-6-8-16(9-7-15)28-13-20(25)23(2)12-19(24)22-17-11-14(21)5-10-18(17)26-3/h5-11H,4,12-13H2,1-3H3,(H,22,24). The molecule has 0 saturated heterocycles. The molecule has 2 aromatic carbocycles. The molecule has 7 nitrogen and oxygen atoms in total. The number of amides is 2. The van der Waals surface area contributed by atoms with E-state index in [2.05, 4.69) is 5.32 Å². The van der Waals surface area contributed by atoms with Gasteiger partial charge >= 0.3 is 0 Å². The summed E-state index contributed by atoms with van der Waals surface area (Å²) in [5, 5.41) is 3.15. The number of halogens is 1. The lowest BCUT2D eigenvalue weighted by atomic mass is 10.3. The topological polar surface area (TPSA) is 77.1 Å². The molecule has 2 amide bonds. The predicted molar refractivity (Wildman–Crippen MR) is 107 cm³/mol. The van der Waals surface area contributed by atoms with Gasteiger partial charge in [0.25, 0.3) is 5.91 Å². The number of carbonyl (C=O) groups excluding carboxylic acids is 2. The van der Waals surface area contributed by atoms with Crippen LogP contribution in [0.4, 0.5) is 5.69 Å². The maximum atomic E-state index is 12.2. The molecule has 28 heavy (non-hydrogen) atoms. The van der Waals surface area contributed by atoms with E-state index in [-0.39, 0.29) is 25.0 Å². The number of hydrogen-bond donors (Lipinski definition) is 1. The second kappa shape index (κ2) is 10.4. The van der Waals surface area contributed by atoms with Crippen molar-refractivity contribution in [2.45, 2.75) is 6.92 Å². The lowest BCUT2D eigenvalue weighted by Crippen LogP contribution is -2.37. The lowest BCUT2D eigenvalue weighted by Gasteiger charge is -2.18. The Morgan fingerprint density at radius 1 is 1.07 bits per heavy atom. The third-order valence-electron chi connectivity index (χ3n) is 3.74. The van der Waals surface area contributed by atoms with Crippen molar-refractivity contribution in [3.8, 4) is 17.2 Å². The highest BCUT2D eigenvalue weighted by Crippen LogP contribution is 2.27. The molecule has 0 heterocycles. The molecule has 0 bridgehead atoms. The molecule has 2 aromatic rings. The first-order valence-corrected chi connectivity index (χ1v) is 9.03. The van der Waals surface area contributed by atoms with Crippen molar-refractivity contribution in [3.05, 3.63) is 47.5 Å². The fraction of sp³-hybridized carbons (Fsp3) is 0.300. The second-order valence-corrected chi connectivity index (χ2v) is 6.27. The monoisotopic (exact) mass is 406 g/mol. The third-order valence-corrected chi connectivity index (χ3v) is 3.97. The van der Waals surface area contributed by atoms with Gasteiger partial charge in [-0.2, -0.15) is 0 Å². The number of ether oxygens (including phenoxy) is 3. The maximum Gasteiger partial charge on any atom is 0.260 e. The minimum atomic E-state index is -0.377. The van der Waals surface area contributed by atoms with E-state index in [4.69, 9.17) is 25.8 Å². The Kier molecular flexibility index (Phi) is 7.95. The van der Waals surface area contributed by atoms with Crippen molar-refractivity contribution in [2.75, 3.05) is 39.2 Å². The molecular weight excluding hydrogens is 384 g/mol. The molecule has 0 saturated carbocycles. The minimum absolute atomic E-state index is 0.138. The van der Waals surface area contributed by atoms with Gasteiger partial charge in [-0.15, -0.1) is 0 Å². The van der Waals surface area contributed by atoms with Crippen molar-refractivity contribution in [3.63, 3.8) is 0 Å². The summed E-state index contributed by atoms with van der Waals surface area (Å²) in [7, 11) is 3.02. The Hall–Kier alpha value is -2.93. The molecule has 0 unspecified atom stereocenters. The maximum absolute atomic E-state index is 12.2. The average Bonchev–Trinajstić information content (AvgIpc) is 2.67. The summed E-state index contributed by atoms with van der Waals surface area (Å²) in [5.74, 6) is 1.04. The summed E-state index contributed by atoms with van der Waals surface area (Å²) in [6, 6.07) is 11.8. The van der Waals surface area contributed by atoms with E-state index in [1.54, 1.807) is 42.5 Å². The van der Waals surface area contributed by atoms with Crippen LogP contribution in [0.25, 0.3) is 0 Å². The fourth-order valence-corrected chi connectivity index (χ4v) is 2.50. The van der Waals surface area contributed by atoms with E-state index in [1.165, 1.54) is 19.1 Å². The van der Waals surface area contributed by atoms with Crippen LogP contribution in [0.3, 0.4) is 0 Å². The van der Waals surface area contributed by atoms with Crippen molar-refractivity contribution in [2.24, 2.45) is 0 Å². The van der Waals surface area contributed by atoms with E-state index in [9.17, 15) is 9.59 Å². The molecule has 0 spiro atoms. The summed E-state index contributed by atoms with van der Waals surface area (Å²) in [5.41, 5.74) is 0.437. The van der Waals surface area contributed by atoms with Crippen LogP contribution in [0, 0.1) is 0 Å². The number of benzene rings is 2.